The smallest absolute Gasteiger partial charge is 0.373 e. The van der Waals surface area contributed by atoms with Crippen LogP contribution in [0, 0.1) is 5.92 Å². The number of allylic oxidation sites excluding steroid dienone is 1. The first-order chi connectivity index (χ1) is 15.4. The number of carbonyl (C=O) groups is 5. The van der Waals surface area contributed by atoms with E-state index in [1.54, 1.807) is 6.92 Å². The van der Waals surface area contributed by atoms with Gasteiger partial charge in [0.2, 0.25) is 5.76 Å². The molecule has 0 amide bonds. The van der Waals surface area contributed by atoms with Crippen LogP contribution in [0.25, 0.3) is 0 Å². The lowest BCUT2D eigenvalue weighted by atomic mass is 9.83. The third kappa shape index (κ3) is 7.92. The van der Waals surface area contributed by atoms with Crippen molar-refractivity contribution in [3.05, 3.63) is 24.0 Å². The molecule has 184 valence electrons. The molecule has 0 spiro atoms. The van der Waals surface area contributed by atoms with Gasteiger partial charge in [0.15, 0.2) is 12.2 Å². The quantitative estimate of drug-likeness (QED) is 0.260. The average Bonchev–Trinajstić information content (AvgIpc) is 2.71. The zero-order valence-corrected chi connectivity index (χ0v) is 19.6. The van der Waals surface area contributed by atoms with E-state index in [9.17, 15) is 24.0 Å². The summed E-state index contributed by atoms with van der Waals surface area (Å²) in [6.45, 7) is 9.45. The molecule has 1 aliphatic heterocycles. The Morgan fingerprint density at radius 2 is 1.61 bits per heavy atom. The summed E-state index contributed by atoms with van der Waals surface area (Å²) in [7, 11) is 1.14. The van der Waals surface area contributed by atoms with Crippen molar-refractivity contribution in [3.63, 3.8) is 0 Å². The van der Waals surface area contributed by atoms with E-state index in [4.69, 9.17) is 28.4 Å². The molecule has 1 unspecified atom stereocenters. The van der Waals surface area contributed by atoms with Crippen molar-refractivity contribution in [2.24, 2.45) is 5.92 Å². The highest BCUT2D eigenvalue weighted by atomic mass is 16.6. The van der Waals surface area contributed by atoms with E-state index in [1.807, 2.05) is 0 Å². The minimum atomic E-state index is -1.33. The second-order valence-corrected chi connectivity index (χ2v) is 7.33. The second kappa shape index (κ2) is 12.6. The van der Waals surface area contributed by atoms with Crippen LogP contribution in [0.5, 0.6) is 0 Å². The molecule has 0 bridgehead atoms. The number of carbonyl (C=O) groups excluding carboxylic acids is 5. The first kappa shape index (κ1) is 27.7. The van der Waals surface area contributed by atoms with Crippen LogP contribution in [0.2, 0.25) is 0 Å². The van der Waals surface area contributed by atoms with Crippen molar-refractivity contribution < 1.29 is 52.4 Å². The van der Waals surface area contributed by atoms with Crippen LogP contribution in [0.15, 0.2) is 24.0 Å². The summed E-state index contributed by atoms with van der Waals surface area (Å²) in [5.74, 6) is -4.58. The van der Waals surface area contributed by atoms with Gasteiger partial charge in [0.25, 0.3) is 0 Å². The van der Waals surface area contributed by atoms with E-state index < -0.39 is 66.8 Å². The molecule has 33 heavy (non-hydrogen) atoms. The maximum atomic E-state index is 12.5. The van der Waals surface area contributed by atoms with Gasteiger partial charge in [-0.1, -0.05) is 13.0 Å². The summed E-state index contributed by atoms with van der Waals surface area (Å²) in [4.78, 5) is 59.3. The number of ether oxygens (including phenoxy) is 6. The fourth-order valence-electron chi connectivity index (χ4n) is 3.45. The molecule has 0 aromatic rings. The highest BCUT2D eigenvalue weighted by Crippen LogP contribution is 2.37. The average molecular weight is 470 g/mol. The first-order valence-corrected chi connectivity index (χ1v) is 10.2. The number of esters is 5. The van der Waals surface area contributed by atoms with E-state index in [0.717, 1.165) is 27.9 Å². The molecule has 0 aromatic heterocycles. The summed E-state index contributed by atoms with van der Waals surface area (Å²) >= 11 is 0. The molecule has 0 radical (unpaired) electrons. The third-order valence-electron chi connectivity index (χ3n) is 4.67. The topological polar surface area (TPSA) is 141 Å². The van der Waals surface area contributed by atoms with Crippen LogP contribution >= 0.6 is 0 Å². The first-order valence-electron chi connectivity index (χ1n) is 10.2. The normalized spacial score (nSPS) is 21.6. The Balaban J connectivity index is 3.60. The van der Waals surface area contributed by atoms with E-state index >= 15 is 0 Å². The minimum absolute atomic E-state index is 0.137. The zero-order chi connectivity index (χ0) is 25.3. The Labute approximate surface area is 192 Å². The summed E-state index contributed by atoms with van der Waals surface area (Å²) in [5, 5.41) is 0. The molecule has 0 aromatic carbocycles. The molecule has 1 heterocycles. The fourth-order valence-corrected chi connectivity index (χ4v) is 3.45. The molecule has 1 aliphatic rings. The van der Waals surface area contributed by atoms with Gasteiger partial charge >= 0.3 is 29.8 Å². The SMILES string of the molecule is C=CCC1=C(C(=O)OC)O[C@@H]([C@H](OC(C)=O)[C@@H](COC(C)=O)OC(C)=O)[C@H](C)C1OC(C)=O. The van der Waals surface area contributed by atoms with Crippen LogP contribution in [0.3, 0.4) is 0 Å². The largest absolute Gasteiger partial charge is 0.479 e. The van der Waals surface area contributed by atoms with E-state index in [-0.39, 0.29) is 12.2 Å². The van der Waals surface area contributed by atoms with Crippen LogP contribution < -0.4 is 0 Å². The maximum absolute atomic E-state index is 12.5. The van der Waals surface area contributed by atoms with Gasteiger partial charge in [-0.05, 0) is 6.42 Å². The molecular formula is C22H30O11. The van der Waals surface area contributed by atoms with Crippen LogP contribution in [0.4, 0.5) is 0 Å². The van der Waals surface area contributed by atoms with Crippen molar-refractivity contribution in [3.8, 4) is 0 Å². The molecule has 5 atom stereocenters. The van der Waals surface area contributed by atoms with Crippen molar-refractivity contribution in [2.75, 3.05) is 13.7 Å². The van der Waals surface area contributed by atoms with Crippen molar-refractivity contribution >= 4 is 29.8 Å². The van der Waals surface area contributed by atoms with E-state index in [1.165, 1.54) is 13.0 Å². The van der Waals surface area contributed by atoms with Crippen molar-refractivity contribution in [1.82, 2.24) is 0 Å². The fraction of sp³-hybridized carbons (Fsp3) is 0.591. The van der Waals surface area contributed by atoms with E-state index in [2.05, 4.69) is 6.58 Å². The number of hydrogen-bond acceptors (Lipinski definition) is 11. The highest BCUT2D eigenvalue weighted by molar-refractivity contribution is 5.87. The van der Waals surface area contributed by atoms with Gasteiger partial charge in [-0.2, -0.15) is 0 Å². The Hall–Kier alpha value is -3.37. The summed E-state index contributed by atoms with van der Waals surface area (Å²) < 4.78 is 31.8. The van der Waals surface area contributed by atoms with Crippen LogP contribution in [-0.2, 0) is 52.4 Å². The summed E-state index contributed by atoms with van der Waals surface area (Å²) in [5.41, 5.74) is 0.307. The van der Waals surface area contributed by atoms with Gasteiger partial charge in [-0.25, -0.2) is 4.79 Å². The Kier molecular flexibility index (Phi) is 10.6. The highest BCUT2D eigenvalue weighted by Gasteiger charge is 2.49. The minimum Gasteiger partial charge on any atom is -0.479 e. The van der Waals surface area contributed by atoms with Gasteiger partial charge in [0, 0.05) is 39.2 Å². The van der Waals surface area contributed by atoms with Gasteiger partial charge < -0.3 is 28.4 Å². The molecule has 0 saturated carbocycles. The molecule has 0 saturated heterocycles. The predicted molar refractivity (Wildman–Crippen MR) is 111 cm³/mol. The lowest BCUT2D eigenvalue weighted by Gasteiger charge is -2.42. The lowest BCUT2D eigenvalue weighted by Crippen LogP contribution is -2.54. The van der Waals surface area contributed by atoms with Gasteiger partial charge in [0.05, 0.1) is 7.11 Å². The van der Waals surface area contributed by atoms with Crippen LogP contribution in [-0.4, -0.2) is 68.0 Å². The van der Waals surface area contributed by atoms with E-state index in [0.29, 0.717) is 5.57 Å². The Morgan fingerprint density at radius 3 is 2.06 bits per heavy atom. The number of rotatable bonds is 10. The van der Waals surface area contributed by atoms with Gasteiger partial charge in [-0.3, -0.25) is 19.2 Å². The molecule has 11 heteroatoms. The number of methoxy groups -OCH3 is 1. The Bertz CT molecular complexity index is 813. The number of hydrogen-bond donors (Lipinski definition) is 0. The monoisotopic (exact) mass is 470 g/mol. The summed E-state index contributed by atoms with van der Waals surface area (Å²) in [6, 6.07) is 0. The molecule has 1 rings (SSSR count). The lowest BCUT2D eigenvalue weighted by molar-refractivity contribution is -0.195. The van der Waals surface area contributed by atoms with Crippen LogP contribution in [0.1, 0.15) is 41.0 Å². The Morgan fingerprint density at radius 1 is 1.00 bits per heavy atom. The van der Waals surface area contributed by atoms with Gasteiger partial charge in [0.1, 0.15) is 18.8 Å². The predicted octanol–water partition coefficient (Wildman–Crippen LogP) is 1.38. The molecule has 0 fully saturated rings. The molecule has 0 N–H and O–H groups in total. The van der Waals surface area contributed by atoms with Gasteiger partial charge in [-0.15, -0.1) is 6.58 Å². The molecular weight excluding hydrogens is 440 g/mol. The standard InChI is InChI=1S/C22H30O11/c1-8-9-16-18(31-14(5)25)11(2)19(33-20(16)22(27)28-7)21(32-15(6)26)17(30-13(4)24)10-29-12(3)23/h8,11,17-19,21H,1,9-10H2,2-7H3/t11-,17-,18?,19-,21-/m1/s1. The third-order valence-corrected chi connectivity index (χ3v) is 4.67. The van der Waals surface area contributed by atoms with Crippen molar-refractivity contribution in [2.45, 2.75) is 65.5 Å². The zero-order valence-electron chi connectivity index (χ0n) is 19.6. The van der Waals surface area contributed by atoms with Crippen molar-refractivity contribution in [1.29, 1.82) is 0 Å². The second-order valence-electron chi connectivity index (χ2n) is 7.33. The maximum Gasteiger partial charge on any atom is 0.373 e. The molecule has 0 aliphatic carbocycles. The summed E-state index contributed by atoms with van der Waals surface area (Å²) in [6.07, 6.45) is -3.10. The molecule has 11 nitrogen and oxygen atoms in total.